The van der Waals surface area contributed by atoms with Crippen LogP contribution in [-0.4, -0.2) is 55.0 Å². The average Bonchev–Trinajstić information content (AvgIpc) is 3.06. The van der Waals surface area contributed by atoms with Gasteiger partial charge in [-0.3, -0.25) is 9.59 Å². The molecule has 0 aromatic rings. The minimum Gasteiger partial charge on any atom is -0.389 e. The van der Waals surface area contributed by atoms with E-state index in [1.807, 2.05) is 20.2 Å². The number of hydrogen-bond acceptors (Lipinski definition) is 4. The molecule has 1 rings (SSSR count). The summed E-state index contributed by atoms with van der Waals surface area (Å²) in [5, 5.41) is 13.1. The Kier molecular flexibility index (Phi) is 14.7. The van der Waals surface area contributed by atoms with Gasteiger partial charge in [0.2, 0.25) is 5.91 Å². The van der Waals surface area contributed by atoms with Crippen molar-refractivity contribution in [3.63, 3.8) is 0 Å². The van der Waals surface area contributed by atoms with E-state index in [0.717, 1.165) is 83.7 Å². The number of nitrogens with zero attached hydrogens (tertiary/aromatic N) is 1. The van der Waals surface area contributed by atoms with Crippen LogP contribution in [0, 0.1) is 11.8 Å². The zero-order chi connectivity index (χ0) is 22.2. The van der Waals surface area contributed by atoms with Crippen molar-refractivity contribution in [2.75, 3.05) is 27.2 Å². The molecule has 0 heterocycles. The highest BCUT2D eigenvalue weighted by Gasteiger charge is 2.32. The van der Waals surface area contributed by atoms with Gasteiger partial charge >= 0.3 is 0 Å². The molecule has 1 amide bonds. The van der Waals surface area contributed by atoms with Gasteiger partial charge in [0.15, 0.2) is 0 Å². The largest absolute Gasteiger partial charge is 0.389 e. The predicted octanol–water partition coefficient (Wildman–Crippen LogP) is 4.49. The van der Waals surface area contributed by atoms with E-state index in [-0.39, 0.29) is 17.9 Å². The summed E-state index contributed by atoms with van der Waals surface area (Å²) in [6.45, 7) is 3.91. The van der Waals surface area contributed by atoms with Crippen molar-refractivity contribution in [1.29, 1.82) is 0 Å². The smallest absolute Gasteiger partial charge is 0.219 e. The number of hydrogen-bond donors (Lipinski definition) is 2. The lowest BCUT2D eigenvalue weighted by atomic mass is 9.89. The molecule has 1 fully saturated rings. The summed E-state index contributed by atoms with van der Waals surface area (Å²) in [5.74, 6) is 0.972. The SMILES string of the molecule is CCCCCC(O)C=CC1CCC(=O)C1CCCCCCC(=O)NCCCN(C)C. The van der Waals surface area contributed by atoms with Crippen molar-refractivity contribution >= 4 is 11.7 Å². The molecule has 0 aliphatic heterocycles. The fraction of sp³-hybridized carbons (Fsp3) is 0.840. The number of nitrogens with one attached hydrogen (secondary N) is 1. The predicted molar refractivity (Wildman–Crippen MR) is 124 cm³/mol. The average molecular weight is 423 g/mol. The number of Topliss-reactive ketones (excluding diaryl/α,β-unsaturated/α-hetero) is 1. The van der Waals surface area contributed by atoms with Crippen LogP contribution in [0.2, 0.25) is 0 Å². The Hall–Kier alpha value is -1.20. The number of aliphatic hydroxyl groups is 1. The second-order valence-electron chi connectivity index (χ2n) is 9.18. The molecule has 5 nitrogen and oxygen atoms in total. The number of amides is 1. The zero-order valence-corrected chi connectivity index (χ0v) is 19.7. The van der Waals surface area contributed by atoms with E-state index >= 15 is 0 Å². The van der Waals surface area contributed by atoms with Gasteiger partial charge in [-0.1, -0.05) is 57.6 Å². The molecular weight excluding hydrogens is 376 g/mol. The van der Waals surface area contributed by atoms with Gasteiger partial charge in [-0.2, -0.15) is 0 Å². The Balaban J connectivity index is 2.15. The van der Waals surface area contributed by atoms with E-state index in [4.69, 9.17) is 0 Å². The van der Waals surface area contributed by atoms with Crippen LogP contribution in [0.4, 0.5) is 0 Å². The van der Waals surface area contributed by atoms with Crippen molar-refractivity contribution in [2.45, 2.75) is 96.5 Å². The minimum absolute atomic E-state index is 0.129. The van der Waals surface area contributed by atoms with Crippen LogP contribution in [0.1, 0.15) is 90.4 Å². The summed E-state index contributed by atoms with van der Waals surface area (Å²) in [5.41, 5.74) is 0. The highest BCUT2D eigenvalue weighted by molar-refractivity contribution is 5.83. The first-order valence-corrected chi connectivity index (χ1v) is 12.2. The number of carbonyl (C=O) groups is 2. The second kappa shape index (κ2) is 16.5. The molecule has 3 atom stereocenters. The Morgan fingerprint density at radius 3 is 2.67 bits per heavy atom. The third-order valence-corrected chi connectivity index (χ3v) is 6.11. The normalized spacial score (nSPS) is 20.4. The lowest BCUT2D eigenvalue weighted by molar-refractivity contribution is -0.121. The molecular formula is C25H46N2O3. The summed E-state index contributed by atoms with van der Waals surface area (Å²) >= 11 is 0. The topological polar surface area (TPSA) is 69.6 Å². The first-order valence-electron chi connectivity index (χ1n) is 12.2. The molecule has 0 radical (unpaired) electrons. The Bertz CT molecular complexity index is 505. The summed E-state index contributed by atoms with van der Waals surface area (Å²) in [6.07, 6.45) is 16.1. The van der Waals surface area contributed by atoms with Crippen LogP contribution in [0.15, 0.2) is 12.2 Å². The quantitative estimate of drug-likeness (QED) is 0.268. The maximum absolute atomic E-state index is 12.3. The molecule has 0 spiro atoms. The lowest BCUT2D eigenvalue weighted by Gasteiger charge is -2.15. The third-order valence-electron chi connectivity index (χ3n) is 6.11. The molecule has 2 N–H and O–H groups in total. The monoisotopic (exact) mass is 422 g/mol. The molecule has 174 valence electrons. The second-order valence-corrected chi connectivity index (χ2v) is 9.18. The van der Waals surface area contributed by atoms with Gasteiger partial charge in [0.1, 0.15) is 5.78 Å². The van der Waals surface area contributed by atoms with Crippen molar-refractivity contribution in [2.24, 2.45) is 11.8 Å². The Morgan fingerprint density at radius 1 is 1.17 bits per heavy atom. The lowest BCUT2D eigenvalue weighted by Crippen LogP contribution is -2.26. The van der Waals surface area contributed by atoms with E-state index in [0.29, 0.717) is 24.5 Å². The summed E-state index contributed by atoms with van der Waals surface area (Å²) < 4.78 is 0. The molecule has 5 heteroatoms. The minimum atomic E-state index is -0.373. The standard InChI is InChI=1S/C25H46N2O3/c1-4-5-8-12-22(28)17-15-21-16-18-24(29)23(21)13-9-6-7-10-14-25(30)26-19-11-20-27(2)3/h15,17,21-23,28H,4-14,16,18-20H2,1-3H3,(H,26,30). The molecule has 0 bridgehead atoms. The van der Waals surface area contributed by atoms with Gasteiger partial charge in [-0.25, -0.2) is 0 Å². The van der Waals surface area contributed by atoms with Gasteiger partial charge in [-0.05, 0) is 58.7 Å². The van der Waals surface area contributed by atoms with E-state index in [9.17, 15) is 14.7 Å². The fourth-order valence-corrected chi connectivity index (χ4v) is 4.23. The summed E-state index contributed by atoms with van der Waals surface area (Å²) in [7, 11) is 4.08. The Morgan fingerprint density at radius 2 is 1.93 bits per heavy atom. The third kappa shape index (κ3) is 12.5. The maximum atomic E-state index is 12.3. The zero-order valence-electron chi connectivity index (χ0n) is 19.7. The van der Waals surface area contributed by atoms with Crippen LogP contribution in [-0.2, 0) is 9.59 Å². The van der Waals surface area contributed by atoms with Crippen LogP contribution in [0.3, 0.4) is 0 Å². The number of aliphatic hydroxyl groups excluding tert-OH is 1. The molecule has 1 aliphatic carbocycles. The fourth-order valence-electron chi connectivity index (χ4n) is 4.23. The first kappa shape index (κ1) is 26.8. The van der Waals surface area contributed by atoms with Gasteiger partial charge in [0.25, 0.3) is 0 Å². The van der Waals surface area contributed by atoms with E-state index in [1.54, 1.807) is 0 Å². The molecule has 3 unspecified atom stereocenters. The number of unbranched alkanes of at least 4 members (excludes halogenated alkanes) is 5. The highest BCUT2D eigenvalue weighted by Crippen LogP contribution is 2.34. The van der Waals surface area contributed by atoms with Crippen LogP contribution < -0.4 is 5.32 Å². The summed E-state index contributed by atoms with van der Waals surface area (Å²) in [4.78, 5) is 26.2. The molecule has 0 saturated heterocycles. The first-order chi connectivity index (χ1) is 14.4. The number of allylic oxidation sites excluding steroid dienone is 1. The van der Waals surface area contributed by atoms with E-state index < -0.39 is 0 Å². The van der Waals surface area contributed by atoms with Crippen molar-refractivity contribution in [3.8, 4) is 0 Å². The van der Waals surface area contributed by atoms with Crippen LogP contribution >= 0.6 is 0 Å². The van der Waals surface area contributed by atoms with Gasteiger partial charge in [-0.15, -0.1) is 0 Å². The van der Waals surface area contributed by atoms with E-state index in [2.05, 4.69) is 23.2 Å². The van der Waals surface area contributed by atoms with Crippen molar-refractivity contribution < 1.29 is 14.7 Å². The molecule has 30 heavy (non-hydrogen) atoms. The molecule has 1 aliphatic rings. The number of rotatable bonds is 17. The van der Waals surface area contributed by atoms with Gasteiger partial charge in [0.05, 0.1) is 6.10 Å². The van der Waals surface area contributed by atoms with Crippen molar-refractivity contribution in [1.82, 2.24) is 10.2 Å². The summed E-state index contributed by atoms with van der Waals surface area (Å²) in [6, 6.07) is 0. The van der Waals surface area contributed by atoms with Gasteiger partial charge < -0.3 is 15.3 Å². The number of ketones is 1. The molecule has 1 saturated carbocycles. The van der Waals surface area contributed by atoms with E-state index in [1.165, 1.54) is 0 Å². The molecule has 0 aromatic heterocycles. The van der Waals surface area contributed by atoms with Gasteiger partial charge in [0, 0.05) is 25.3 Å². The van der Waals surface area contributed by atoms with Crippen LogP contribution in [0.25, 0.3) is 0 Å². The van der Waals surface area contributed by atoms with Crippen molar-refractivity contribution in [3.05, 3.63) is 12.2 Å². The van der Waals surface area contributed by atoms with Crippen LogP contribution in [0.5, 0.6) is 0 Å². The highest BCUT2D eigenvalue weighted by atomic mass is 16.3. The Labute approximate surface area is 184 Å². The maximum Gasteiger partial charge on any atom is 0.219 e. The number of carbonyl (C=O) groups excluding carboxylic acids is 2. The molecule has 0 aromatic carbocycles.